The molecule has 8 rings (SSSR count). The molecule has 0 aliphatic carbocycles. The van der Waals surface area contributed by atoms with Crippen LogP contribution in [0.4, 0.5) is 8.78 Å². The summed E-state index contributed by atoms with van der Waals surface area (Å²) >= 11 is 0. The minimum atomic E-state index is -0.700. The Morgan fingerprint density at radius 2 is 1.00 bits per heavy atom. The van der Waals surface area contributed by atoms with E-state index in [1.54, 1.807) is 42.5 Å². The molecule has 2 aromatic heterocycles. The molecule has 0 radical (unpaired) electrons. The monoisotopic (exact) mass is 636 g/mol. The van der Waals surface area contributed by atoms with Crippen molar-refractivity contribution in [1.29, 1.82) is 10.5 Å². The predicted octanol–water partition coefficient (Wildman–Crippen LogP) is 9.66. The van der Waals surface area contributed by atoms with Gasteiger partial charge in [0.25, 0.3) is 0 Å². The Kier molecular flexibility index (Phi) is 7.17. The lowest BCUT2D eigenvalue weighted by Gasteiger charge is -2.16. The molecular weight excluding hydrogens is 614 g/mol. The molecule has 0 fully saturated rings. The number of aromatic nitrogens is 4. The Bertz CT molecular complexity index is 2500. The molecule has 0 unspecified atom stereocenters. The standard InChI is InChI=1S/C41H22F2N6/c42-33-12-7-13-34(43)38(33)29-16-19-37(49-35-17-14-25(23-44)20-30(35)31-21-26(24-45)15-18-36(31)49)32(22-29)41-47-39(27-8-3-1-4-9-27)46-40(48-41)28-10-5-2-6-11-28/h1-22H. The summed E-state index contributed by atoms with van der Waals surface area (Å²) in [6, 6.07) is 43.2. The number of halogens is 2. The van der Waals surface area contributed by atoms with Crippen molar-refractivity contribution in [2.45, 2.75) is 0 Å². The fourth-order valence-corrected chi connectivity index (χ4v) is 6.19. The maximum absolute atomic E-state index is 15.2. The van der Waals surface area contributed by atoms with Crippen molar-refractivity contribution in [3.63, 3.8) is 0 Å². The zero-order chi connectivity index (χ0) is 33.5. The second-order valence-corrected chi connectivity index (χ2v) is 11.4. The first-order valence-corrected chi connectivity index (χ1v) is 15.4. The Morgan fingerprint density at radius 1 is 0.490 bits per heavy atom. The highest BCUT2D eigenvalue weighted by Gasteiger charge is 2.22. The molecule has 0 saturated carbocycles. The molecule has 6 nitrogen and oxygen atoms in total. The van der Waals surface area contributed by atoms with Gasteiger partial charge in [0.15, 0.2) is 17.5 Å². The molecule has 0 bridgehead atoms. The topological polar surface area (TPSA) is 91.2 Å². The van der Waals surface area contributed by atoms with Crippen molar-refractivity contribution in [2.75, 3.05) is 0 Å². The number of nitriles is 2. The molecule has 6 aromatic carbocycles. The van der Waals surface area contributed by atoms with Crippen LogP contribution >= 0.6 is 0 Å². The summed E-state index contributed by atoms with van der Waals surface area (Å²) in [7, 11) is 0. The number of benzene rings is 6. The highest BCUT2D eigenvalue weighted by atomic mass is 19.1. The average Bonchev–Trinajstić information content (AvgIpc) is 3.47. The Morgan fingerprint density at radius 3 is 1.51 bits per heavy atom. The summed E-state index contributed by atoms with van der Waals surface area (Å²) in [5, 5.41) is 21.0. The van der Waals surface area contributed by atoms with Crippen molar-refractivity contribution in [2.24, 2.45) is 0 Å². The molecule has 49 heavy (non-hydrogen) atoms. The SMILES string of the molecule is N#Cc1ccc2c(c1)c1cc(C#N)ccc1n2-c1ccc(-c2c(F)cccc2F)cc1-c1nc(-c2ccccc2)nc(-c2ccccc2)n1. The van der Waals surface area contributed by atoms with E-state index in [0.29, 0.717) is 45.4 Å². The second kappa shape index (κ2) is 12.0. The zero-order valence-electron chi connectivity index (χ0n) is 25.6. The van der Waals surface area contributed by atoms with Gasteiger partial charge in [-0.3, -0.25) is 0 Å². The van der Waals surface area contributed by atoms with E-state index in [-0.39, 0.29) is 5.56 Å². The van der Waals surface area contributed by atoms with E-state index in [0.717, 1.165) is 32.9 Å². The van der Waals surface area contributed by atoms with Gasteiger partial charge in [-0.15, -0.1) is 0 Å². The van der Waals surface area contributed by atoms with Crippen molar-refractivity contribution in [1.82, 2.24) is 19.5 Å². The molecule has 8 heteroatoms. The van der Waals surface area contributed by atoms with Gasteiger partial charge in [-0.05, 0) is 66.2 Å². The van der Waals surface area contributed by atoms with Gasteiger partial charge in [0.05, 0.1) is 45.5 Å². The average molecular weight is 637 g/mol. The third-order valence-electron chi connectivity index (χ3n) is 8.45. The van der Waals surface area contributed by atoms with E-state index in [2.05, 4.69) is 12.1 Å². The fourth-order valence-electron chi connectivity index (χ4n) is 6.19. The van der Waals surface area contributed by atoms with Gasteiger partial charge in [-0.1, -0.05) is 72.8 Å². The predicted molar refractivity (Wildman–Crippen MR) is 185 cm³/mol. The van der Waals surface area contributed by atoms with Crippen molar-refractivity contribution in [3.8, 4) is 63.1 Å². The second-order valence-electron chi connectivity index (χ2n) is 11.4. The lowest BCUT2D eigenvalue weighted by Crippen LogP contribution is -2.04. The molecule has 0 amide bonds. The minimum Gasteiger partial charge on any atom is -0.308 e. The van der Waals surface area contributed by atoms with Gasteiger partial charge in [0.2, 0.25) is 0 Å². The molecule has 230 valence electrons. The summed E-state index contributed by atoms with van der Waals surface area (Å²) in [5.74, 6) is -0.253. The third-order valence-corrected chi connectivity index (χ3v) is 8.45. The summed E-state index contributed by atoms with van der Waals surface area (Å²) in [4.78, 5) is 14.7. The molecule has 8 aromatic rings. The molecular formula is C41H22F2N6. The lowest BCUT2D eigenvalue weighted by molar-refractivity contribution is 0.589. The molecule has 0 spiro atoms. The largest absolute Gasteiger partial charge is 0.308 e. The van der Waals surface area contributed by atoms with Crippen LogP contribution in [-0.4, -0.2) is 19.5 Å². The van der Waals surface area contributed by atoms with Gasteiger partial charge in [-0.2, -0.15) is 10.5 Å². The summed E-state index contributed by atoms with van der Waals surface area (Å²) < 4.78 is 32.5. The normalized spacial score (nSPS) is 11.0. The number of fused-ring (bicyclic) bond motifs is 3. The Balaban J connectivity index is 1.49. The highest BCUT2D eigenvalue weighted by molar-refractivity contribution is 6.10. The number of nitrogens with zero attached hydrogens (tertiary/aromatic N) is 6. The Labute approximate surface area is 279 Å². The molecule has 0 atom stereocenters. The van der Waals surface area contributed by atoms with Crippen molar-refractivity contribution in [3.05, 3.63) is 156 Å². The van der Waals surface area contributed by atoms with Crippen LogP contribution in [0.1, 0.15) is 11.1 Å². The van der Waals surface area contributed by atoms with E-state index in [4.69, 9.17) is 15.0 Å². The van der Waals surface area contributed by atoms with Gasteiger partial charge < -0.3 is 4.57 Å². The van der Waals surface area contributed by atoms with E-state index < -0.39 is 11.6 Å². The Hall–Kier alpha value is -7.03. The number of hydrogen-bond donors (Lipinski definition) is 0. The molecule has 0 aliphatic heterocycles. The molecule has 2 heterocycles. The van der Waals surface area contributed by atoms with Crippen LogP contribution in [0.2, 0.25) is 0 Å². The smallest absolute Gasteiger partial charge is 0.166 e. The van der Waals surface area contributed by atoms with E-state index in [9.17, 15) is 10.5 Å². The van der Waals surface area contributed by atoms with Gasteiger partial charge in [0.1, 0.15) is 11.6 Å². The fraction of sp³-hybridized carbons (Fsp3) is 0. The first kappa shape index (κ1) is 29.4. The van der Waals surface area contributed by atoms with E-state index in [1.165, 1.54) is 18.2 Å². The molecule has 0 N–H and O–H groups in total. The van der Waals surface area contributed by atoms with Crippen molar-refractivity contribution < 1.29 is 8.78 Å². The van der Waals surface area contributed by atoms with E-state index in [1.807, 2.05) is 77.4 Å². The third kappa shape index (κ3) is 5.14. The molecule has 0 aliphatic rings. The first-order valence-electron chi connectivity index (χ1n) is 15.4. The number of rotatable bonds is 5. The van der Waals surface area contributed by atoms with Crippen LogP contribution in [0.3, 0.4) is 0 Å². The van der Waals surface area contributed by atoms with Crippen molar-refractivity contribution >= 4 is 21.8 Å². The van der Waals surface area contributed by atoms with Gasteiger partial charge in [-0.25, -0.2) is 23.7 Å². The lowest BCUT2D eigenvalue weighted by atomic mass is 9.99. The first-order chi connectivity index (χ1) is 24.0. The highest BCUT2D eigenvalue weighted by Crippen LogP contribution is 2.39. The van der Waals surface area contributed by atoms with Crippen LogP contribution in [0.5, 0.6) is 0 Å². The van der Waals surface area contributed by atoms with Crippen LogP contribution in [0.15, 0.2) is 133 Å². The quantitative estimate of drug-likeness (QED) is 0.188. The van der Waals surface area contributed by atoms with Gasteiger partial charge >= 0.3 is 0 Å². The summed E-state index contributed by atoms with van der Waals surface area (Å²) in [6.45, 7) is 0. The van der Waals surface area contributed by atoms with Gasteiger partial charge in [0, 0.05) is 27.5 Å². The van der Waals surface area contributed by atoms with Crippen LogP contribution in [0.25, 0.3) is 72.8 Å². The van der Waals surface area contributed by atoms with Crippen LogP contribution in [0, 0.1) is 34.3 Å². The maximum Gasteiger partial charge on any atom is 0.166 e. The zero-order valence-corrected chi connectivity index (χ0v) is 25.6. The number of hydrogen-bond acceptors (Lipinski definition) is 5. The summed E-state index contributed by atoms with van der Waals surface area (Å²) in [5.41, 5.74) is 5.24. The minimum absolute atomic E-state index is 0.171. The maximum atomic E-state index is 15.2. The molecule has 0 saturated heterocycles. The van der Waals surface area contributed by atoms with E-state index >= 15 is 8.78 Å². The van der Waals surface area contributed by atoms with Crippen LogP contribution < -0.4 is 0 Å². The summed E-state index contributed by atoms with van der Waals surface area (Å²) in [6.07, 6.45) is 0. The van der Waals surface area contributed by atoms with Crippen LogP contribution in [-0.2, 0) is 0 Å².